The summed E-state index contributed by atoms with van der Waals surface area (Å²) in [4.78, 5) is 36.5. The van der Waals surface area contributed by atoms with Gasteiger partial charge in [0, 0.05) is 23.5 Å². The van der Waals surface area contributed by atoms with Crippen molar-refractivity contribution in [3.05, 3.63) is 48.3 Å². The number of carbonyl (C=O) groups is 2. The van der Waals surface area contributed by atoms with Gasteiger partial charge in [0.25, 0.3) is 5.91 Å². The largest absolute Gasteiger partial charge is 0.368 e. The topological polar surface area (TPSA) is 114 Å². The van der Waals surface area contributed by atoms with Crippen LogP contribution >= 0.6 is 0 Å². The first-order valence-electron chi connectivity index (χ1n) is 10.1. The van der Waals surface area contributed by atoms with Crippen molar-refractivity contribution in [1.29, 1.82) is 0 Å². The molecule has 1 aromatic carbocycles. The molecular formula is C22H25N5O2. The molecule has 4 N–H and O–H groups in total. The Labute approximate surface area is 169 Å². The molecule has 29 heavy (non-hydrogen) atoms. The highest BCUT2D eigenvalue weighted by atomic mass is 16.2. The summed E-state index contributed by atoms with van der Waals surface area (Å²) in [6.45, 7) is 0. The molecule has 2 aromatic heterocycles. The summed E-state index contributed by atoms with van der Waals surface area (Å²) in [5, 5.41) is 2.83. The fourth-order valence-corrected chi connectivity index (χ4v) is 4.04. The van der Waals surface area contributed by atoms with Crippen LogP contribution in [0, 0.1) is 5.92 Å². The number of aromatic nitrogens is 3. The van der Waals surface area contributed by atoms with Crippen LogP contribution in [0.15, 0.2) is 42.7 Å². The average Bonchev–Trinajstić information content (AvgIpc) is 3.18. The highest BCUT2D eigenvalue weighted by molar-refractivity contribution is 5.99. The van der Waals surface area contributed by atoms with E-state index in [1.54, 1.807) is 30.6 Å². The van der Waals surface area contributed by atoms with Crippen LogP contribution in [0.5, 0.6) is 0 Å². The molecule has 4 rings (SSSR count). The Bertz CT molecular complexity index is 1010. The molecule has 2 amide bonds. The molecule has 1 saturated carbocycles. The van der Waals surface area contributed by atoms with Gasteiger partial charge in [0.1, 0.15) is 11.9 Å². The van der Waals surface area contributed by atoms with Crippen LogP contribution in [0.4, 0.5) is 0 Å². The highest BCUT2D eigenvalue weighted by Gasteiger charge is 2.24. The van der Waals surface area contributed by atoms with Crippen molar-refractivity contribution in [2.75, 3.05) is 0 Å². The predicted octanol–water partition coefficient (Wildman–Crippen LogP) is 3.18. The second-order valence-corrected chi connectivity index (χ2v) is 7.72. The van der Waals surface area contributed by atoms with Crippen molar-refractivity contribution in [1.82, 2.24) is 20.3 Å². The number of nitrogens with one attached hydrogen (secondary N) is 2. The van der Waals surface area contributed by atoms with E-state index in [1.165, 1.54) is 19.3 Å². The number of hydrogen-bond donors (Lipinski definition) is 3. The number of imidazole rings is 1. The van der Waals surface area contributed by atoms with Crippen molar-refractivity contribution in [3.63, 3.8) is 0 Å². The van der Waals surface area contributed by atoms with Crippen LogP contribution in [0.2, 0.25) is 0 Å². The molecule has 1 aliphatic carbocycles. The number of primary amides is 1. The molecule has 0 bridgehead atoms. The summed E-state index contributed by atoms with van der Waals surface area (Å²) in [6.07, 6.45) is 9.82. The summed E-state index contributed by atoms with van der Waals surface area (Å²) in [5.74, 6) is 0.380. The summed E-state index contributed by atoms with van der Waals surface area (Å²) in [5.41, 5.74) is 8.48. The van der Waals surface area contributed by atoms with Crippen molar-refractivity contribution >= 4 is 22.8 Å². The van der Waals surface area contributed by atoms with E-state index >= 15 is 0 Å². The predicted molar refractivity (Wildman–Crippen MR) is 111 cm³/mol. The van der Waals surface area contributed by atoms with E-state index in [9.17, 15) is 9.59 Å². The first-order valence-corrected chi connectivity index (χ1v) is 10.1. The zero-order valence-electron chi connectivity index (χ0n) is 16.2. The second kappa shape index (κ2) is 8.43. The number of carbonyl (C=O) groups excluding carboxylic acids is 2. The number of H-pyrrole nitrogens is 1. The van der Waals surface area contributed by atoms with Crippen molar-refractivity contribution in [3.8, 4) is 11.4 Å². The molecule has 3 aromatic rings. The number of amides is 2. The fourth-order valence-electron chi connectivity index (χ4n) is 4.04. The van der Waals surface area contributed by atoms with Gasteiger partial charge in [0.05, 0.1) is 11.0 Å². The number of rotatable bonds is 6. The zero-order chi connectivity index (χ0) is 20.2. The Morgan fingerprint density at radius 1 is 1.14 bits per heavy atom. The number of pyridine rings is 1. The molecule has 7 nitrogen and oxygen atoms in total. The van der Waals surface area contributed by atoms with Gasteiger partial charge >= 0.3 is 0 Å². The van der Waals surface area contributed by atoms with Gasteiger partial charge in [0.2, 0.25) is 5.91 Å². The molecule has 0 spiro atoms. The standard InChI is InChI=1S/C22H25N5O2/c23-20(28)19(12-14-4-2-1-3-5-14)27-22(29)16-6-7-17-18(13-16)26-21(25-17)15-8-10-24-11-9-15/h6-11,13-14,19H,1-5,12H2,(H2,23,28)(H,25,26)(H,27,29). The van der Waals surface area contributed by atoms with Crippen molar-refractivity contribution in [2.45, 2.75) is 44.6 Å². The van der Waals surface area contributed by atoms with Gasteiger partial charge in [-0.15, -0.1) is 0 Å². The number of aromatic amines is 1. The van der Waals surface area contributed by atoms with Crippen LogP contribution in [0.25, 0.3) is 22.4 Å². The number of nitrogens with two attached hydrogens (primary N) is 1. The number of benzene rings is 1. The van der Waals surface area contributed by atoms with E-state index < -0.39 is 11.9 Å². The molecule has 0 aliphatic heterocycles. The summed E-state index contributed by atoms with van der Waals surface area (Å²) >= 11 is 0. The Morgan fingerprint density at radius 2 is 1.90 bits per heavy atom. The second-order valence-electron chi connectivity index (χ2n) is 7.72. The lowest BCUT2D eigenvalue weighted by Crippen LogP contribution is -2.45. The summed E-state index contributed by atoms with van der Waals surface area (Å²) in [7, 11) is 0. The lowest BCUT2D eigenvalue weighted by Gasteiger charge is -2.25. The van der Waals surface area contributed by atoms with Gasteiger partial charge < -0.3 is 16.0 Å². The molecule has 0 radical (unpaired) electrons. The molecule has 1 fully saturated rings. The van der Waals surface area contributed by atoms with Gasteiger partial charge in [-0.05, 0) is 42.7 Å². The molecule has 7 heteroatoms. The average molecular weight is 391 g/mol. The molecule has 150 valence electrons. The third-order valence-corrected chi connectivity index (χ3v) is 5.64. The smallest absolute Gasteiger partial charge is 0.252 e. The fraction of sp³-hybridized carbons (Fsp3) is 0.364. The van der Waals surface area contributed by atoms with Crippen LogP contribution in [-0.4, -0.2) is 32.8 Å². The molecular weight excluding hydrogens is 366 g/mol. The van der Waals surface area contributed by atoms with Gasteiger partial charge in [0.15, 0.2) is 0 Å². The highest BCUT2D eigenvalue weighted by Crippen LogP contribution is 2.27. The molecule has 1 aliphatic rings. The van der Waals surface area contributed by atoms with E-state index in [0.29, 0.717) is 23.7 Å². The quantitative estimate of drug-likeness (QED) is 0.599. The van der Waals surface area contributed by atoms with Gasteiger partial charge in [-0.25, -0.2) is 4.98 Å². The lowest BCUT2D eigenvalue weighted by atomic mass is 9.84. The van der Waals surface area contributed by atoms with Gasteiger partial charge in [-0.3, -0.25) is 14.6 Å². The molecule has 1 atom stereocenters. The first-order chi connectivity index (χ1) is 14.1. The maximum Gasteiger partial charge on any atom is 0.252 e. The lowest BCUT2D eigenvalue weighted by molar-refractivity contribution is -0.120. The SMILES string of the molecule is NC(=O)C(CC1CCCCC1)NC(=O)c1ccc2nc(-c3ccncc3)[nH]c2c1. The third-order valence-electron chi connectivity index (χ3n) is 5.64. The maximum absolute atomic E-state index is 12.8. The minimum absolute atomic E-state index is 0.299. The first kappa shape index (κ1) is 19.1. The monoisotopic (exact) mass is 391 g/mol. The van der Waals surface area contributed by atoms with E-state index in [2.05, 4.69) is 20.3 Å². The van der Waals surface area contributed by atoms with Crippen LogP contribution < -0.4 is 11.1 Å². The van der Waals surface area contributed by atoms with E-state index in [-0.39, 0.29) is 5.91 Å². The van der Waals surface area contributed by atoms with Gasteiger partial charge in [-0.1, -0.05) is 32.1 Å². The zero-order valence-corrected chi connectivity index (χ0v) is 16.2. The van der Waals surface area contributed by atoms with E-state index in [1.807, 2.05) is 12.1 Å². The minimum atomic E-state index is -0.643. The number of fused-ring (bicyclic) bond motifs is 1. The summed E-state index contributed by atoms with van der Waals surface area (Å²) in [6, 6.07) is 8.36. The normalized spacial score (nSPS) is 15.9. The van der Waals surface area contributed by atoms with Crippen molar-refractivity contribution < 1.29 is 9.59 Å². The Kier molecular flexibility index (Phi) is 5.55. The van der Waals surface area contributed by atoms with E-state index in [0.717, 1.165) is 29.4 Å². The molecule has 0 saturated heterocycles. The van der Waals surface area contributed by atoms with Crippen LogP contribution in [0.1, 0.15) is 48.9 Å². The summed E-state index contributed by atoms with van der Waals surface area (Å²) < 4.78 is 0. The Morgan fingerprint density at radius 3 is 2.62 bits per heavy atom. The Hall–Kier alpha value is -3.22. The number of nitrogens with zero attached hydrogens (tertiary/aromatic N) is 2. The molecule has 2 heterocycles. The Balaban J connectivity index is 1.50. The maximum atomic E-state index is 12.8. The van der Waals surface area contributed by atoms with Crippen molar-refractivity contribution in [2.24, 2.45) is 11.7 Å². The number of hydrogen-bond acceptors (Lipinski definition) is 4. The molecule has 1 unspecified atom stereocenters. The van der Waals surface area contributed by atoms with Crippen LogP contribution in [0.3, 0.4) is 0 Å². The third kappa shape index (κ3) is 4.45. The van der Waals surface area contributed by atoms with E-state index in [4.69, 9.17) is 5.73 Å². The van der Waals surface area contributed by atoms with Gasteiger partial charge in [-0.2, -0.15) is 0 Å². The van der Waals surface area contributed by atoms with Crippen LogP contribution in [-0.2, 0) is 4.79 Å². The minimum Gasteiger partial charge on any atom is -0.368 e.